The Labute approximate surface area is 115 Å². The van der Waals surface area contributed by atoms with Crippen molar-refractivity contribution in [3.63, 3.8) is 0 Å². The fourth-order valence-electron chi connectivity index (χ4n) is 2.06. The Balaban J connectivity index is 2.34. The average molecular weight is 292 g/mol. The predicted octanol–water partition coefficient (Wildman–Crippen LogP) is 3.65. The summed E-state index contributed by atoms with van der Waals surface area (Å²) < 4.78 is 25.3. The minimum atomic E-state index is -3.62. The van der Waals surface area contributed by atoms with Crippen molar-refractivity contribution in [2.24, 2.45) is 0 Å². The molecule has 2 aromatic carbocycles. The zero-order valence-electron chi connectivity index (χ0n) is 9.80. The van der Waals surface area contributed by atoms with Crippen LogP contribution in [0.3, 0.4) is 0 Å². The summed E-state index contributed by atoms with van der Waals surface area (Å²) in [5.41, 5.74) is 0.710. The summed E-state index contributed by atoms with van der Waals surface area (Å²) in [6.45, 7) is 0. The Morgan fingerprint density at radius 1 is 0.895 bits per heavy atom. The Morgan fingerprint density at radius 2 is 1.53 bits per heavy atom. The monoisotopic (exact) mass is 291 g/mol. The first-order valence-electron chi connectivity index (χ1n) is 5.67. The second kappa shape index (κ2) is 4.40. The molecule has 1 heterocycles. The van der Waals surface area contributed by atoms with Gasteiger partial charge >= 0.3 is 0 Å². The molecule has 3 nitrogen and oxygen atoms in total. The second-order valence-electron chi connectivity index (χ2n) is 4.13. The minimum absolute atomic E-state index is 0.135. The largest absolute Gasteiger partial charge is 0.344 e. The molecule has 5 heteroatoms. The van der Waals surface area contributed by atoms with E-state index in [0.29, 0.717) is 10.9 Å². The first kappa shape index (κ1) is 12.3. The molecule has 0 radical (unpaired) electrons. The Kier molecular flexibility index (Phi) is 2.84. The maximum Gasteiger partial charge on any atom is 0.210 e. The standard InChI is InChI=1S/C14H10ClNO2S/c15-14-13(11-8-4-5-9-12(11)16-14)19(17,18)10-6-2-1-3-7-10/h1-9,16H. The quantitative estimate of drug-likeness (QED) is 0.783. The maximum absolute atomic E-state index is 12.6. The SMILES string of the molecule is O=S(=O)(c1ccccc1)c1c(Cl)[nH]c2ccccc12. The number of sulfone groups is 1. The average Bonchev–Trinajstić information content (AvgIpc) is 2.76. The van der Waals surface area contributed by atoms with E-state index >= 15 is 0 Å². The number of aromatic nitrogens is 1. The number of aromatic amines is 1. The molecule has 0 fully saturated rings. The molecule has 1 N–H and O–H groups in total. The van der Waals surface area contributed by atoms with Crippen LogP contribution in [0.1, 0.15) is 0 Å². The number of para-hydroxylation sites is 1. The van der Waals surface area contributed by atoms with E-state index in [1.54, 1.807) is 48.5 Å². The van der Waals surface area contributed by atoms with Gasteiger partial charge in [-0.1, -0.05) is 48.0 Å². The normalized spacial score (nSPS) is 11.8. The van der Waals surface area contributed by atoms with Crippen LogP contribution in [0.15, 0.2) is 64.4 Å². The van der Waals surface area contributed by atoms with Gasteiger partial charge in [0.15, 0.2) is 0 Å². The summed E-state index contributed by atoms with van der Waals surface area (Å²) in [4.78, 5) is 3.26. The van der Waals surface area contributed by atoms with E-state index in [9.17, 15) is 8.42 Å². The van der Waals surface area contributed by atoms with E-state index < -0.39 is 9.84 Å². The lowest BCUT2D eigenvalue weighted by Crippen LogP contribution is -2.01. The molecule has 0 spiro atoms. The van der Waals surface area contributed by atoms with Crippen LogP contribution in [-0.4, -0.2) is 13.4 Å². The molecular weight excluding hydrogens is 282 g/mol. The molecular formula is C14H10ClNO2S. The Bertz CT molecular complexity index is 838. The van der Waals surface area contributed by atoms with E-state index in [1.807, 2.05) is 6.07 Å². The Hall–Kier alpha value is -1.78. The van der Waals surface area contributed by atoms with Crippen molar-refractivity contribution in [3.8, 4) is 0 Å². The third kappa shape index (κ3) is 1.93. The summed E-state index contributed by atoms with van der Waals surface area (Å²) in [6.07, 6.45) is 0. The van der Waals surface area contributed by atoms with Gasteiger partial charge in [0.25, 0.3) is 0 Å². The number of hydrogen-bond donors (Lipinski definition) is 1. The number of fused-ring (bicyclic) bond motifs is 1. The zero-order chi connectivity index (χ0) is 13.5. The summed E-state index contributed by atoms with van der Waals surface area (Å²) >= 11 is 6.07. The maximum atomic E-state index is 12.6. The molecule has 96 valence electrons. The predicted molar refractivity (Wildman–Crippen MR) is 75.2 cm³/mol. The van der Waals surface area contributed by atoms with Crippen molar-refractivity contribution in [3.05, 3.63) is 59.8 Å². The molecule has 0 aliphatic carbocycles. The van der Waals surface area contributed by atoms with E-state index in [4.69, 9.17) is 11.6 Å². The van der Waals surface area contributed by atoms with E-state index in [0.717, 1.165) is 0 Å². The van der Waals surface area contributed by atoms with Crippen LogP contribution in [0, 0.1) is 0 Å². The number of nitrogens with one attached hydrogen (secondary N) is 1. The molecule has 0 amide bonds. The lowest BCUT2D eigenvalue weighted by atomic mass is 10.2. The topological polar surface area (TPSA) is 49.9 Å². The molecule has 0 atom stereocenters. The smallest absolute Gasteiger partial charge is 0.210 e. The molecule has 0 aliphatic heterocycles. The van der Waals surface area contributed by atoms with Crippen molar-refractivity contribution in [2.75, 3.05) is 0 Å². The molecule has 0 aliphatic rings. The van der Waals surface area contributed by atoms with Crippen LogP contribution < -0.4 is 0 Å². The lowest BCUT2D eigenvalue weighted by Gasteiger charge is -2.03. The van der Waals surface area contributed by atoms with Crippen molar-refractivity contribution in [1.29, 1.82) is 0 Å². The third-order valence-electron chi connectivity index (χ3n) is 2.94. The van der Waals surface area contributed by atoms with Crippen LogP contribution in [0.5, 0.6) is 0 Å². The van der Waals surface area contributed by atoms with Gasteiger partial charge in [-0.2, -0.15) is 0 Å². The summed E-state index contributed by atoms with van der Waals surface area (Å²) in [7, 11) is -3.62. The van der Waals surface area contributed by atoms with Crippen LogP contribution >= 0.6 is 11.6 Å². The molecule has 1 aromatic heterocycles. The number of benzene rings is 2. The highest BCUT2D eigenvalue weighted by molar-refractivity contribution is 7.91. The molecule has 0 unspecified atom stereocenters. The Morgan fingerprint density at radius 3 is 2.26 bits per heavy atom. The lowest BCUT2D eigenvalue weighted by molar-refractivity contribution is 0.597. The summed E-state index contributed by atoms with van der Waals surface area (Å²) in [6, 6.07) is 15.4. The van der Waals surface area contributed by atoms with Crippen molar-refractivity contribution in [1.82, 2.24) is 4.98 Å². The van der Waals surface area contributed by atoms with Gasteiger partial charge in [0.1, 0.15) is 10.0 Å². The number of H-pyrrole nitrogens is 1. The van der Waals surface area contributed by atoms with Gasteiger partial charge in [-0.05, 0) is 18.2 Å². The van der Waals surface area contributed by atoms with Crippen molar-refractivity contribution >= 4 is 32.3 Å². The molecule has 3 aromatic rings. The highest BCUT2D eigenvalue weighted by Crippen LogP contribution is 2.34. The second-order valence-corrected chi connectivity index (χ2v) is 6.39. The van der Waals surface area contributed by atoms with Crippen LogP contribution in [0.4, 0.5) is 0 Å². The number of hydrogen-bond acceptors (Lipinski definition) is 2. The highest BCUT2D eigenvalue weighted by Gasteiger charge is 2.25. The van der Waals surface area contributed by atoms with Gasteiger partial charge in [0, 0.05) is 10.9 Å². The van der Waals surface area contributed by atoms with Crippen molar-refractivity contribution < 1.29 is 8.42 Å². The van der Waals surface area contributed by atoms with Gasteiger partial charge in [0.05, 0.1) is 4.90 Å². The first-order chi connectivity index (χ1) is 9.10. The molecule has 3 rings (SSSR count). The van der Waals surface area contributed by atoms with E-state index in [2.05, 4.69) is 4.98 Å². The van der Waals surface area contributed by atoms with Gasteiger partial charge < -0.3 is 4.98 Å². The first-order valence-corrected chi connectivity index (χ1v) is 7.53. The zero-order valence-corrected chi connectivity index (χ0v) is 11.4. The van der Waals surface area contributed by atoms with Gasteiger partial charge in [-0.15, -0.1) is 0 Å². The molecule has 0 saturated heterocycles. The molecule has 19 heavy (non-hydrogen) atoms. The summed E-state index contributed by atoms with van der Waals surface area (Å²) in [5, 5.41) is 0.751. The summed E-state index contributed by atoms with van der Waals surface area (Å²) in [5.74, 6) is 0. The van der Waals surface area contributed by atoms with Gasteiger partial charge in [-0.3, -0.25) is 0 Å². The number of rotatable bonds is 2. The molecule has 0 saturated carbocycles. The fourth-order valence-corrected chi connectivity index (χ4v) is 4.08. The third-order valence-corrected chi connectivity index (χ3v) is 5.19. The number of halogens is 1. The van der Waals surface area contributed by atoms with E-state index in [1.165, 1.54) is 0 Å². The van der Waals surface area contributed by atoms with Crippen molar-refractivity contribution in [2.45, 2.75) is 9.79 Å². The van der Waals surface area contributed by atoms with E-state index in [-0.39, 0.29) is 14.9 Å². The fraction of sp³-hybridized carbons (Fsp3) is 0. The van der Waals surface area contributed by atoms with Crippen LogP contribution in [0.2, 0.25) is 5.15 Å². The molecule has 0 bridgehead atoms. The minimum Gasteiger partial charge on any atom is -0.344 e. The van der Waals surface area contributed by atoms with Gasteiger partial charge in [0.2, 0.25) is 9.84 Å². The van der Waals surface area contributed by atoms with Crippen LogP contribution in [0.25, 0.3) is 10.9 Å². The van der Waals surface area contributed by atoms with Gasteiger partial charge in [-0.25, -0.2) is 8.42 Å². The van der Waals surface area contributed by atoms with Crippen LogP contribution in [-0.2, 0) is 9.84 Å². The highest BCUT2D eigenvalue weighted by atomic mass is 35.5.